The van der Waals surface area contributed by atoms with Crippen molar-refractivity contribution in [2.45, 2.75) is 64.6 Å². The van der Waals surface area contributed by atoms with E-state index >= 15 is 0 Å². The zero-order valence-corrected chi connectivity index (χ0v) is 22.0. The lowest BCUT2D eigenvalue weighted by atomic mass is 9.93. The number of benzene rings is 1. The van der Waals surface area contributed by atoms with Crippen molar-refractivity contribution in [3.63, 3.8) is 0 Å². The maximum Gasteiger partial charge on any atom is 0.410 e. The highest BCUT2D eigenvalue weighted by atomic mass is 19.1. The molecule has 0 aromatic heterocycles. The second kappa shape index (κ2) is 11.5. The van der Waals surface area contributed by atoms with Gasteiger partial charge in [0.15, 0.2) is 17.4 Å². The van der Waals surface area contributed by atoms with Gasteiger partial charge in [-0.1, -0.05) is 0 Å². The molecule has 3 aliphatic rings. The molecule has 3 heterocycles. The minimum Gasteiger partial charge on any atom is -0.484 e. The molecule has 0 aliphatic carbocycles. The molecule has 1 atom stereocenters. The summed E-state index contributed by atoms with van der Waals surface area (Å²) in [6, 6.07) is 1.21. The number of carbonyl (C=O) groups excluding carboxylic acids is 2. The molecule has 1 aromatic rings. The largest absolute Gasteiger partial charge is 0.484 e. The molecule has 7 nitrogen and oxygen atoms in total. The first-order chi connectivity index (χ1) is 17.5. The third-order valence-corrected chi connectivity index (χ3v) is 7.39. The molecular formula is C27H38F3N3O4. The fourth-order valence-electron chi connectivity index (χ4n) is 5.46. The summed E-state index contributed by atoms with van der Waals surface area (Å²) in [6.45, 7) is 10.6. The van der Waals surface area contributed by atoms with Crippen molar-refractivity contribution >= 4 is 12.0 Å². The van der Waals surface area contributed by atoms with Crippen LogP contribution in [0.5, 0.6) is 5.75 Å². The van der Waals surface area contributed by atoms with Crippen LogP contribution in [-0.2, 0) is 9.53 Å². The van der Waals surface area contributed by atoms with Crippen molar-refractivity contribution in [2.75, 3.05) is 45.8 Å². The van der Waals surface area contributed by atoms with Crippen LogP contribution in [0, 0.1) is 29.3 Å². The number of nitrogens with zero attached hydrogens (tertiary/aromatic N) is 3. The van der Waals surface area contributed by atoms with Crippen LogP contribution in [0.2, 0.25) is 0 Å². The standard InChI is InChI=1S/C27H38F3N3O4/c1-27(2,3)37-26(35)33-11-4-18(17-33)16-31-9-5-19(6-10-31)25(34)32-12-7-21(8-13-32)36-24-22(29)14-20(28)15-23(24)30/h14-15,18-19,21H,4-13,16-17H2,1-3H3. The Labute approximate surface area is 216 Å². The summed E-state index contributed by atoms with van der Waals surface area (Å²) in [5, 5.41) is 0. The van der Waals surface area contributed by atoms with Gasteiger partial charge in [-0.2, -0.15) is 0 Å². The second-order valence-corrected chi connectivity index (χ2v) is 11.5. The van der Waals surface area contributed by atoms with Crippen LogP contribution >= 0.6 is 0 Å². The van der Waals surface area contributed by atoms with Gasteiger partial charge in [-0.25, -0.2) is 18.0 Å². The Morgan fingerprint density at radius 3 is 2.08 bits per heavy atom. The van der Waals surface area contributed by atoms with E-state index in [1.165, 1.54) is 0 Å². The van der Waals surface area contributed by atoms with E-state index in [1.54, 1.807) is 4.90 Å². The molecule has 2 amide bonds. The van der Waals surface area contributed by atoms with Gasteiger partial charge >= 0.3 is 6.09 Å². The topological polar surface area (TPSA) is 62.3 Å². The maximum absolute atomic E-state index is 13.9. The monoisotopic (exact) mass is 525 g/mol. The molecule has 37 heavy (non-hydrogen) atoms. The van der Waals surface area contributed by atoms with Crippen molar-refractivity contribution < 1.29 is 32.2 Å². The molecular weight excluding hydrogens is 487 g/mol. The minimum absolute atomic E-state index is 0.0254. The van der Waals surface area contributed by atoms with Gasteiger partial charge in [0.1, 0.15) is 17.5 Å². The van der Waals surface area contributed by atoms with Crippen molar-refractivity contribution in [3.05, 3.63) is 29.6 Å². The summed E-state index contributed by atoms with van der Waals surface area (Å²) in [5.74, 6) is -3.14. The van der Waals surface area contributed by atoms with Gasteiger partial charge in [0.2, 0.25) is 5.91 Å². The van der Waals surface area contributed by atoms with Crippen LogP contribution in [0.3, 0.4) is 0 Å². The number of hydrogen-bond donors (Lipinski definition) is 0. The molecule has 4 rings (SSSR count). The Morgan fingerprint density at radius 2 is 1.49 bits per heavy atom. The van der Waals surface area contributed by atoms with Gasteiger partial charge in [0.25, 0.3) is 0 Å². The molecule has 0 spiro atoms. The molecule has 0 bridgehead atoms. The van der Waals surface area contributed by atoms with Crippen LogP contribution in [0.15, 0.2) is 12.1 Å². The maximum atomic E-state index is 13.9. The van der Waals surface area contributed by atoms with E-state index in [1.807, 2.05) is 25.7 Å². The van der Waals surface area contributed by atoms with Crippen molar-refractivity contribution in [3.8, 4) is 5.75 Å². The molecule has 3 saturated heterocycles. The highest BCUT2D eigenvalue weighted by molar-refractivity contribution is 5.79. The number of rotatable bonds is 5. The highest BCUT2D eigenvalue weighted by Crippen LogP contribution is 2.28. The first kappa shape index (κ1) is 27.5. The van der Waals surface area contributed by atoms with E-state index in [0.717, 1.165) is 38.9 Å². The SMILES string of the molecule is CC(C)(C)OC(=O)N1CCC(CN2CCC(C(=O)N3CCC(Oc4c(F)cc(F)cc4F)CC3)CC2)C1. The van der Waals surface area contributed by atoms with Crippen LogP contribution in [0.1, 0.15) is 52.9 Å². The van der Waals surface area contributed by atoms with E-state index in [-0.39, 0.29) is 17.9 Å². The van der Waals surface area contributed by atoms with Gasteiger partial charge in [-0.3, -0.25) is 4.79 Å². The minimum atomic E-state index is -1.06. The van der Waals surface area contributed by atoms with Crippen LogP contribution < -0.4 is 4.74 Å². The molecule has 3 fully saturated rings. The first-order valence-corrected chi connectivity index (χ1v) is 13.3. The normalized spacial score (nSPS) is 22.4. The predicted molar refractivity (Wildman–Crippen MR) is 132 cm³/mol. The lowest BCUT2D eigenvalue weighted by Gasteiger charge is -2.37. The van der Waals surface area contributed by atoms with Gasteiger partial charge < -0.3 is 24.2 Å². The Morgan fingerprint density at radius 1 is 0.892 bits per heavy atom. The van der Waals surface area contributed by atoms with Gasteiger partial charge in [0.05, 0.1) is 0 Å². The molecule has 1 aromatic carbocycles. The molecule has 206 valence electrons. The van der Waals surface area contributed by atoms with Crippen LogP contribution in [0.4, 0.5) is 18.0 Å². The van der Waals surface area contributed by atoms with E-state index in [0.29, 0.717) is 57.1 Å². The highest BCUT2D eigenvalue weighted by Gasteiger charge is 2.34. The fraction of sp³-hybridized carbons (Fsp3) is 0.704. The number of amides is 2. The fourth-order valence-corrected chi connectivity index (χ4v) is 5.46. The summed E-state index contributed by atoms with van der Waals surface area (Å²) in [4.78, 5) is 31.4. The van der Waals surface area contributed by atoms with E-state index < -0.39 is 34.9 Å². The number of piperidine rings is 2. The quantitative estimate of drug-likeness (QED) is 0.569. The summed E-state index contributed by atoms with van der Waals surface area (Å²) in [5.41, 5.74) is -0.496. The first-order valence-electron chi connectivity index (χ1n) is 13.3. The molecule has 0 radical (unpaired) electrons. The summed E-state index contributed by atoms with van der Waals surface area (Å²) in [7, 11) is 0. The van der Waals surface area contributed by atoms with Crippen molar-refractivity contribution in [2.24, 2.45) is 11.8 Å². The number of halogens is 3. The smallest absolute Gasteiger partial charge is 0.410 e. The number of likely N-dealkylation sites (tertiary alicyclic amines) is 3. The Hall–Kier alpha value is -2.49. The average molecular weight is 526 g/mol. The zero-order chi connectivity index (χ0) is 26.7. The Kier molecular flexibility index (Phi) is 8.56. The van der Waals surface area contributed by atoms with Crippen LogP contribution in [-0.4, -0.2) is 84.2 Å². The lowest BCUT2D eigenvalue weighted by molar-refractivity contribution is -0.139. The summed E-state index contributed by atoms with van der Waals surface area (Å²) in [6.07, 6.45) is 2.82. The predicted octanol–water partition coefficient (Wildman–Crippen LogP) is 4.44. The molecule has 0 N–H and O–H groups in total. The van der Waals surface area contributed by atoms with Crippen molar-refractivity contribution in [1.82, 2.24) is 14.7 Å². The van der Waals surface area contributed by atoms with Gasteiger partial charge in [-0.15, -0.1) is 0 Å². The average Bonchev–Trinajstić information content (AvgIpc) is 3.29. The Balaban J connectivity index is 1.17. The van der Waals surface area contributed by atoms with E-state index in [9.17, 15) is 22.8 Å². The van der Waals surface area contributed by atoms with Gasteiger partial charge in [0, 0.05) is 63.6 Å². The second-order valence-electron chi connectivity index (χ2n) is 11.5. The third kappa shape index (κ3) is 7.30. The van der Waals surface area contributed by atoms with Crippen LogP contribution in [0.25, 0.3) is 0 Å². The summed E-state index contributed by atoms with van der Waals surface area (Å²) < 4.78 is 51.9. The molecule has 0 saturated carbocycles. The molecule has 1 unspecified atom stereocenters. The third-order valence-electron chi connectivity index (χ3n) is 7.39. The number of ether oxygens (including phenoxy) is 2. The van der Waals surface area contributed by atoms with Crippen molar-refractivity contribution in [1.29, 1.82) is 0 Å². The Bertz CT molecular complexity index is 947. The van der Waals surface area contributed by atoms with Gasteiger partial charge in [-0.05, 0) is 59.0 Å². The summed E-state index contributed by atoms with van der Waals surface area (Å²) >= 11 is 0. The number of hydrogen-bond acceptors (Lipinski definition) is 5. The zero-order valence-electron chi connectivity index (χ0n) is 22.0. The molecule has 3 aliphatic heterocycles. The van der Waals surface area contributed by atoms with E-state index in [2.05, 4.69) is 4.90 Å². The molecule has 10 heteroatoms. The van der Waals surface area contributed by atoms with E-state index in [4.69, 9.17) is 9.47 Å². The number of carbonyl (C=O) groups is 2. The lowest BCUT2D eigenvalue weighted by Crippen LogP contribution is -2.47.